The maximum Gasteiger partial charge on any atom is 0.636 e. The second kappa shape index (κ2) is 12.8. The topological polar surface area (TPSA) is 18.5 Å². The molecule has 0 aromatic heterocycles. The predicted molar refractivity (Wildman–Crippen MR) is 139 cm³/mol. The van der Waals surface area contributed by atoms with E-state index in [9.17, 15) is 65.9 Å². The summed E-state index contributed by atoms with van der Waals surface area (Å²) < 4.78 is 288. The van der Waals surface area contributed by atoms with Gasteiger partial charge in [-0.1, -0.05) is 6.07 Å². The summed E-state index contributed by atoms with van der Waals surface area (Å²) in [4.78, 5) is 0. The number of fused-ring (bicyclic) bond motifs is 3. The van der Waals surface area contributed by atoms with Crippen LogP contribution in [0, 0.1) is 111 Å². The molecule has 0 N–H and O–H groups in total. The van der Waals surface area contributed by atoms with Gasteiger partial charge in [-0.2, -0.15) is 13.2 Å². The summed E-state index contributed by atoms with van der Waals surface area (Å²) in [7, 11) is -4.02. The van der Waals surface area contributed by atoms with E-state index in [2.05, 4.69) is 4.65 Å². The predicted octanol–water partition coefficient (Wildman–Crippen LogP) is 9.42. The molecule has 0 heterocycles. The Morgan fingerprint density at radius 2 is 0.717 bits per heavy atom. The van der Waals surface area contributed by atoms with Crippen molar-refractivity contribution in [1.29, 1.82) is 0 Å². The fraction of sp³-hybridized carbons (Fsp3) is 0.0323. The molecule has 0 spiro atoms. The van der Waals surface area contributed by atoms with Gasteiger partial charge in [-0.15, -0.1) is 0 Å². The van der Waals surface area contributed by atoms with E-state index in [1.54, 1.807) is 0 Å². The van der Waals surface area contributed by atoms with E-state index in [1.807, 2.05) is 0 Å². The van der Waals surface area contributed by atoms with E-state index < -0.39 is 174 Å². The lowest BCUT2D eigenvalue weighted by atomic mass is 9.72. The van der Waals surface area contributed by atoms with Gasteiger partial charge in [0, 0.05) is 28.7 Å². The van der Waals surface area contributed by atoms with Crippen molar-refractivity contribution in [2.75, 3.05) is 0 Å². The Balaban J connectivity index is 1.74. The normalized spacial score (nSPS) is 12.0. The zero-order valence-corrected chi connectivity index (χ0v) is 24.4. The Bertz CT molecular complexity index is 2390. The molecule has 53 heavy (non-hydrogen) atoms. The molecule has 0 atom stereocenters. The highest BCUT2D eigenvalue weighted by Crippen LogP contribution is 2.47. The van der Waals surface area contributed by atoms with Crippen LogP contribution in [0.4, 0.5) is 83.4 Å². The number of benzene rings is 5. The van der Waals surface area contributed by atoms with Crippen LogP contribution in [0.2, 0.25) is 0 Å². The summed E-state index contributed by atoms with van der Waals surface area (Å²) in [5.74, 6) is -58.9. The van der Waals surface area contributed by atoms with Crippen molar-refractivity contribution in [2.45, 2.75) is 6.42 Å². The molecule has 0 bridgehead atoms. The zero-order valence-electron chi connectivity index (χ0n) is 24.4. The first kappa shape index (κ1) is 37.2. The highest BCUT2D eigenvalue weighted by atomic mass is 19.2. The molecular weight excluding hydrogens is 776 g/mol. The maximum absolute atomic E-state index is 15.7. The fourth-order valence-corrected chi connectivity index (χ4v) is 5.42. The molecule has 1 aliphatic carbocycles. The molecule has 22 heteroatoms. The fourth-order valence-electron chi connectivity index (χ4n) is 5.42. The van der Waals surface area contributed by atoms with Crippen LogP contribution in [-0.2, 0) is 6.42 Å². The van der Waals surface area contributed by atoms with E-state index in [0.29, 0.717) is 12.1 Å². The van der Waals surface area contributed by atoms with Crippen molar-refractivity contribution in [3.63, 3.8) is 0 Å². The van der Waals surface area contributed by atoms with Crippen molar-refractivity contribution in [3.8, 4) is 33.8 Å². The third kappa shape index (κ3) is 5.31. The van der Waals surface area contributed by atoms with Crippen molar-refractivity contribution in [3.05, 3.63) is 134 Å². The Kier molecular flexibility index (Phi) is 9.01. The van der Waals surface area contributed by atoms with Crippen LogP contribution >= 0.6 is 0 Å². The number of hydrogen-bond acceptors (Lipinski definition) is 2. The van der Waals surface area contributed by atoms with Crippen molar-refractivity contribution < 1.29 is 92.7 Å². The molecule has 5 aromatic carbocycles. The monoisotopic (exact) mass is 780 g/mol. The van der Waals surface area contributed by atoms with Gasteiger partial charge in [0.15, 0.2) is 75.6 Å². The molecule has 6 rings (SSSR count). The third-order valence-electron chi connectivity index (χ3n) is 7.80. The first-order chi connectivity index (χ1) is 24.7. The van der Waals surface area contributed by atoms with Gasteiger partial charge in [0.1, 0.15) is 5.75 Å². The summed E-state index contributed by atoms with van der Waals surface area (Å²) in [5, 5.41) is 0. The molecule has 0 radical (unpaired) electrons. The molecule has 2 nitrogen and oxygen atoms in total. The molecule has 0 aliphatic heterocycles. The van der Waals surface area contributed by atoms with Gasteiger partial charge in [-0.3, -0.25) is 0 Å². The summed E-state index contributed by atoms with van der Waals surface area (Å²) in [6.07, 6.45) is -1.08. The number of halogens is 19. The van der Waals surface area contributed by atoms with E-state index >= 15 is 17.6 Å². The summed E-state index contributed by atoms with van der Waals surface area (Å²) >= 11 is 0. The lowest BCUT2D eigenvalue weighted by Crippen LogP contribution is -2.48. The van der Waals surface area contributed by atoms with Crippen LogP contribution in [0.3, 0.4) is 0 Å². The van der Waals surface area contributed by atoms with E-state index in [1.165, 1.54) is 0 Å². The quantitative estimate of drug-likeness (QED) is 0.0727. The molecule has 0 unspecified atom stereocenters. The van der Waals surface area contributed by atoms with E-state index in [4.69, 9.17) is 4.65 Å². The molecule has 0 fully saturated rings. The minimum Gasteiger partial charge on any atom is -0.519 e. The lowest BCUT2D eigenvalue weighted by molar-refractivity contribution is 0.329. The van der Waals surface area contributed by atoms with Crippen molar-refractivity contribution in [1.82, 2.24) is 0 Å². The maximum atomic E-state index is 15.7. The number of hydrogen-bond donors (Lipinski definition) is 0. The van der Waals surface area contributed by atoms with Crippen LogP contribution in [0.5, 0.6) is 11.5 Å². The Labute approximate surface area is 279 Å². The standard InChI is InChI=1S/C31H4BF19O2/c33-6-2-1-4-3-5-8(7(4)12(6)34)13(35)21(43)27(49)30(5)52-32(53-31-28(50)25(47)24(46)26(48)29(31)51)11-9(14(36)18(40)22(44)17(11)39)10-15(37)19(41)23(45)20(42)16(10)38/h1-2H,3H2. The van der Waals surface area contributed by atoms with Crippen LogP contribution < -0.4 is 14.8 Å². The minimum absolute atomic E-state index is 0.413. The largest absolute Gasteiger partial charge is 0.636 e. The summed E-state index contributed by atoms with van der Waals surface area (Å²) in [6, 6.07) is 1.11. The first-order valence-electron chi connectivity index (χ1n) is 13.6. The van der Waals surface area contributed by atoms with Gasteiger partial charge < -0.3 is 9.31 Å². The van der Waals surface area contributed by atoms with Gasteiger partial charge in [0.25, 0.3) is 0 Å². The molecule has 0 saturated heterocycles. The van der Waals surface area contributed by atoms with Crippen LogP contribution in [0.25, 0.3) is 22.3 Å². The second-order valence-corrected chi connectivity index (χ2v) is 10.7. The minimum atomic E-state index is -4.02. The molecule has 1 aliphatic rings. The van der Waals surface area contributed by atoms with Gasteiger partial charge in [0.2, 0.25) is 40.7 Å². The lowest BCUT2D eigenvalue weighted by Gasteiger charge is -2.23. The van der Waals surface area contributed by atoms with Gasteiger partial charge >= 0.3 is 7.12 Å². The molecular formula is C31H4BF19O2. The molecule has 0 amide bonds. The Morgan fingerprint density at radius 1 is 0.340 bits per heavy atom. The van der Waals surface area contributed by atoms with Gasteiger partial charge in [-0.05, 0) is 11.6 Å². The van der Waals surface area contributed by atoms with Crippen LogP contribution in [-0.4, -0.2) is 7.12 Å². The highest BCUT2D eigenvalue weighted by molar-refractivity contribution is 6.64. The third-order valence-corrected chi connectivity index (χ3v) is 7.80. The molecule has 0 saturated carbocycles. The second-order valence-electron chi connectivity index (χ2n) is 10.7. The Morgan fingerprint density at radius 3 is 1.25 bits per heavy atom. The van der Waals surface area contributed by atoms with Crippen LogP contribution in [0.15, 0.2) is 12.1 Å². The van der Waals surface area contributed by atoms with Gasteiger partial charge in [0.05, 0.1) is 11.0 Å². The highest BCUT2D eigenvalue weighted by Gasteiger charge is 2.46. The average Bonchev–Trinajstić information content (AvgIpc) is 3.53. The SMILES string of the molecule is Fc1ccc2c(c1F)-c1c(F)c(F)c(F)c(OB(Oc3c(F)c(F)c(F)c(F)c3F)c3c(F)c(F)c(F)c(F)c3-c3c(F)c(F)c(F)c(F)c3F)c1C2. The summed E-state index contributed by atoms with van der Waals surface area (Å²) in [6.45, 7) is 0. The van der Waals surface area contributed by atoms with E-state index in [0.717, 1.165) is 0 Å². The molecule has 5 aromatic rings. The Hall–Kier alpha value is -5.57. The number of rotatable bonds is 6. The first-order valence-corrected chi connectivity index (χ1v) is 13.6. The van der Waals surface area contributed by atoms with Crippen molar-refractivity contribution in [2.24, 2.45) is 0 Å². The van der Waals surface area contributed by atoms with E-state index in [-0.39, 0.29) is 0 Å². The van der Waals surface area contributed by atoms with Crippen molar-refractivity contribution >= 4 is 12.6 Å². The van der Waals surface area contributed by atoms with Crippen LogP contribution in [0.1, 0.15) is 11.1 Å². The average molecular weight is 780 g/mol. The smallest absolute Gasteiger partial charge is 0.519 e. The zero-order chi connectivity index (χ0) is 39.3. The summed E-state index contributed by atoms with van der Waals surface area (Å²) in [5.41, 5.74) is -12.4. The molecule has 276 valence electrons. The van der Waals surface area contributed by atoms with Gasteiger partial charge in [-0.25, -0.2) is 70.2 Å².